The van der Waals surface area contributed by atoms with Gasteiger partial charge in [-0.3, -0.25) is 4.68 Å². The Balaban J connectivity index is 1.65. The molecule has 5 heterocycles. The van der Waals surface area contributed by atoms with Crippen LogP contribution in [-0.4, -0.2) is 62.7 Å². The van der Waals surface area contributed by atoms with E-state index in [1.54, 1.807) is 31.8 Å². The van der Waals surface area contributed by atoms with Crippen LogP contribution in [0.4, 0.5) is 5.82 Å². The molecule has 4 aromatic heterocycles. The lowest BCUT2D eigenvalue weighted by Gasteiger charge is -2.20. The number of aryl methyl sites for hydroxylation is 2. The summed E-state index contributed by atoms with van der Waals surface area (Å²) >= 11 is 1.64. The minimum absolute atomic E-state index is 0.171. The molecule has 9 nitrogen and oxygen atoms in total. The molecule has 0 spiro atoms. The lowest BCUT2D eigenvalue weighted by Crippen LogP contribution is -2.23. The summed E-state index contributed by atoms with van der Waals surface area (Å²) in [6.45, 7) is 1.64. The standard InChI is InChI=1S/C26H27N7O2S/c1-31-14-11-27-25(31)23-28-24(33-13-9-18(15-33)35-4)21-20(16-5-7-17(34-3)8-6-16)22(36-26(21)29-23)19-10-12-32(2)30-19/h5-8,10-12,14,18H,9,13,15H2,1-4H3. The molecule has 0 aliphatic carbocycles. The molecule has 10 heteroatoms. The SMILES string of the molecule is COc1ccc(-c2c(-c3ccn(C)n3)sc3nc(-c4nccn4C)nc(N4CCC(OC)C4)c23)cc1. The average Bonchev–Trinajstić information content (AvgIpc) is 3.69. The molecule has 184 valence electrons. The third kappa shape index (κ3) is 3.82. The highest BCUT2D eigenvalue weighted by Gasteiger charge is 2.30. The number of nitrogens with zero attached hydrogens (tertiary/aromatic N) is 7. The molecule has 36 heavy (non-hydrogen) atoms. The topological polar surface area (TPSA) is 83.1 Å². The Kier molecular flexibility index (Phi) is 5.69. The first kappa shape index (κ1) is 22.7. The molecule has 1 atom stereocenters. The molecule has 6 rings (SSSR count). The van der Waals surface area contributed by atoms with Crippen molar-refractivity contribution in [1.82, 2.24) is 29.3 Å². The van der Waals surface area contributed by atoms with E-state index in [0.717, 1.165) is 68.8 Å². The molecule has 1 unspecified atom stereocenters. The molecule has 1 aromatic carbocycles. The van der Waals surface area contributed by atoms with Crippen LogP contribution < -0.4 is 9.64 Å². The second-order valence-corrected chi connectivity index (χ2v) is 9.91. The molecular weight excluding hydrogens is 474 g/mol. The fourth-order valence-electron chi connectivity index (χ4n) is 4.76. The van der Waals surface area contributed by atoms with Crippen molar-refractivity contribution in [1.29, 1.82) is 0 Å². The number of imidazole rings is 1. The maximum atomic E-state index is 5.69. The van der Waals surface area contributed by atoms with Gasteiger partial charge in [-0.1, -0.05) is 12.1 Å². The Morgan fingerprint density at radius 2 is 1.86 bits per heavy atom. The monoisotopic (exact) mass is 501 g/mol. The van der Waals surface area contributed by atoms with Gasteiger partial charge in [0.25, 0.3) is 0 Å². The first-order valence-corrected chi connectivity index (χ1v) is 12.6. The van der Waals surface area contributed by atoms with Gasteiger partial charge >= 0.3 is 0 Å². The lowest BCUT2D eigenvalue weighted by molar-refractivity contribution is 0.121. The number of ether oxygens (including phenoxy) is 2. The molecule has 0 amide bonds. The number of anilines is 1. The zero-order valence-corrected chi connectivity index (χ0v) is 21.5. The molecular formula is C26H27N7O2S. The number of methoxy groups -OCH3 is 2. The van der Waals surface area contributed by atoms with Crippen LogP contribution in [0.2, 0.25) is 0 Å². The van der Waals surface area contributed by atoms with E-state index in [4.69, 9.17) is 24.5 Å². The van der Waals surface area contributed by atoms with Crippen molar-refractivity contribution in [2.24, 2.45) is 14.1 Å². The van der Waals surface area contributed by atoms with E-state index in [2.05, 4.69) is 22.0 Å². The minimum atomic E-state index is 0.171. The fourth-order valence-corrected chi connectivity index (χ4v) is 5.91. The van der Waals surface area contributed by atoms with Gasteiger partial charge < -0.3 is 18.9 Å². The van der Waals surface area contributed by atoms with E-state index in [-0.39, 0.29) is 6.10 Å². The van der Waals surface area contributed by atoms with Gasteiger partial charge in [0.2, 0.25) is 0 Å². The highest BCUT2D eigenvalue weighted by molar-refractivity contribution is 7.22. The number of thiophene rings is 1. The number of rotatable bonds is 6. The van der Waals surface area contributed by atoms with E-state index in [1.807, 2.05) is 53.9 Å². The van der Waals surface area contributed by atoms with Crippen LogP contribution in [-0.2, 0) is 18.8 Å². The Bertz CT molecular complexity index is 1540. The zero-order chi connectivity index (χ0) is 24.8. The van der Waals surface area contributed by atoms with Crippen LogP contribution in [0.1, 0.15) is 6.42 Å². The van der Waals surface area contributed by atoms with Crippen LogP contribution in [0, 0.1) is 0 Å². The Labute approximate surface area is 213 Å². The molecule has 0 radical (unpaired) electrons. The van der Waals surface area contributed by atoms with Crippen molar-refractivity contribution in [2.75, 3.05) is 32.2 Å². The van der Waals surface area contributed by atoms with Crippen LogP contribution in [0.15, 0.2) is 48.9 Å². The van der Waals surface area contributed by atoms with Crippen molar-refractivity contribution < 1.29 is 9.47 Å². The summed E-state index contributed by atoms with van der Waals surface area (Å²) in [5.41, 5.74) is 3.06. The molecule has 1 saturated heterocycles. The second-order valence-electron chi connectivity index (χ2n) is 8.91. The Morgan fingerprint density at radius 1 is 1.03 bits per heavy atom. The molecule has 0 saturated carbocycles. The van der Waals surface area contributed by atoms with Crippen LogP contribution in [0.3, 0.4) is 0 Å². The van der Waals surface area contributed by atoms with E-state index in [9.17, 15) is 0 Å². The molecule has 1 aliphatic heterocycles. The van der Waals surface area contributed by atoms with Crippen LogP contribution in [0.25, 0.3) is 43.6 Å². The highest BCUT2D eigenvalue weighted by atomic mass is 32.1. The maximum absolute atomic E-state index is 5.69. The predicted molar refractivity (Wildman–Crippen MR) is 141 cm³/mol. The van der Waals surface area contributed by atoms with Gasteiger partial charge in [0, 0.05) is 58.4 Å². The normalized spacial score (nSPS) is 15.8. The summed E-state index contributed by atoms with van der Waals surface area (Å²) in [6.07, 6.45) is 6.78. The molecule has 0 N–H and O–H groups in total. The van der Waals surface area contributed by atoms with E-state index < -0.39 is 0 Å². The summed E-state index contributed by atoms with van der Waals surface area (Å²) < 4.78 is 14.9. The van der Waals surface area contributed by atoms with Crippen molar-refractivity contribution in [2.45, 2.75) is 12.5 Å². The quantitative estimate of drug-likeness (QED) is 0.341. The van der Waals surface area contributed by atoms with Gasteiger partial charge in [-0.05, 0) is 30.2 Å². The number of hydrogen-bond acceptors (Lipinski definition) is 8. The van der Waals surface area contributed by atoms with E-state index >= 15 is 0 Å². The summed E-state index contributed by atoms with van der Waals surface area (Å²) in [7, 11) is 7.35. The first-order valence-electron chi connectivity index (χ1n) is 11.8. The molecule has 1 aliphatic rings. The number of benzene rings is 1. The largest absolute Gasteiger partial charge is 0.497 e. The fraction of sp³-hybridized carbons (Fsp3) is 0.308. The van der Waals surface area contributed by atoms with Crippen molar-refractivity contribution in [3.05, 3.63) is 48.9 Å². The number of hydrogen-bond donors (Lipinski definition) is 0. The van der Waals surface area contributed by atoms with Crippen molar-refractivity contribution in [3.63, 3.8) is 0 Å². The van der Waals surface area contributed by atoms with Gasteiger partial charge in [0.15, 0.2) is 11.6 Å². The average molecular weight is 502 g/mol. The van der Waals surface area contributed by atoms with Crippen LogP contribution in [0.5, 0.6) is 5.75 Å². The van der Waals surface area contributed by atoms with E-state index in [1.165, 1.54) is 0 Å². The molecule has 1 fully saturated rings. The minimum Gasteiger partial charge on any atom is -0.497 e. The molecule has 0 bridgehead atoms. The predicted octanol–water partition coefficient (Wildman–Crippen LogP) is 4.39. The smallest absolute Gasteiger partial charge is 0.199 e. The summed E-state index contributed by atoms with van der Waals surface area (Å²) in [5.74, 6) is 3.07. The van der Waals surface area contributed by atoms with Gasteiger partial charge in [-0.2, -0.15) is 5.10 Å². The van der Waals surface area contributed by atoms with Gasteiger partial charge in [-0.25, -0.2) is 15.0 Å². The van der Waals surface area contributed by atoms with Gasteiger partial charge in [-0.15, -0.1) is 11.3 Å². The maximum Gasteiger partial charge on any atom is 0.199 e. The number of fused-ring (bicyclic) bond motifs is 1. The third-order valence-electron chi connectivity index (χ3n) is 6.66. The van der Waals surface area contributed by atoms with Crippen molar-refractivity contribution >= 4 is 27.4 Å². The summed E-state index contributed by atoms with van der Waals surface area (Å²) in [6, 6.07) is 10.2. The summed E-state index contributed by atoms with van der Waals surface area (Å²) in [5, 5.41) is 5.77. The van der Waals surface area contributed by atoms with E-state index in [0.29, 0.717) is 5.82 Å². The van der Waals surface area contributed by atoms with Crippen LogP contribution >= 0.6 is 11.3 Å². The number of aromatic nitrogens is 6. The highest BCUT2D eigenvalue weighted by Crippen LogP contribution is 2.47. The third-order valence-corrected chi connectivity index (χ3v) is 7.76. The Hall–Kier alpha value is -3.76. The second kappa shape index (κ2) is 9.03. The Morgan fingerprint density at radius 3 is 2.50 bits per heavy atom. The first-order chi connectivity index (χ1) is 17.6. The van der Waals surface area contributed by atoms with Crippen molar-refractivity contribution in [3.8, 4) is 39.1 Å². The molecule has 5 aromatic rings. The zero-order valence-electron chi connectivity index (χ0n) is 20.7. The van der Waals surface area contributed by atoms with Gasteiger partial charge in [0.1, 0.15) is 22.1 Å². The summed E-state index contributed by atoms with van der Waals surface area (Å²) in [4.78, 5) is 19.0. The van der Waals surface area contributed by atoms with Gasteiger partial charge in [0.05, 0.1) is 23.5 Å². The lowest BCUT2D eigenvalue weighted by atomic mass is 10.0.